The molecule has 25 heavy (non-hydrogen) atoms. The van der Waals surface area contributed by atoms with Crippen LogP contribution in [0.15, 0.2) is 17.7 Å². The largest absolute Gasteiger partial charge is 0.354 e. The number of rotatable bonds is 7. The average molecular weight is 350 g/mol. The van der Waals surface area contributed by atoms with Gasteiger partial charge in [0, 0.05) is 25.8 Å². The van der Waals surface area contributed by atoms with Gasteiger partial charge in [0.1, 0.15) is 11.5 Å². The van der Waals surface area contributed by atoms with Gasteiger partial charge in [0.05, 0.1) is 6.20 Å². The molecule has 0 bridgehead atoms. The maximum absolute atomic E-state index is 13.6. The van der Waals surface area contributed by atoms with Crippen LogP contribution in [0.25, 0.3) is 0 Å². The molecule has 6 nitrogen and oxygen atoms in total. The monoisotopic (exact) mass is 350 g/mol. The van der Waals surface area contributed by atoms with Crippen molar-refractivity contribution in [3.63, 3.8) is 0 Å². The Labute approximate surface area is 150 Å². The summed E-state index contributed by atoms with van der Waals surface area (Å²) in [5.41, 5.74) is 1.47. The lowest BCUT2D eigenvalue weighted by Gasteiger charge is -2.32. The fourth-order valence-corrected chi connectivity index (χ4v) is 2.71. The van der Waals surface area contributed by atoms with Crippen LogP contribution in [0.4, 0.5) is 21.8 Å². The van der Waals surface area contributed by atoms with E-state index in [0.29, 0.717) is 23.5 Å². The SMILES string of the molecule is C/C(F)=C(\C)NC1N(C)c2cnc(NCC(C)C)nc2N1CC(C)C. The normalized spacial score (nSPS) is 17.9. The Morgan fingerprint density at radius 3 is 2.48 bits per heavy atom. The second kappa shape index (κ2) is 7.89. The van der Waals surface area contributed by atoms with E-state index < -0.39 is 0 Å². The fraction of sp³-hybridized carbons (Fsp3) is 0.667. The maximum Gasteiger partial charge on any atom is 0.224 e. The Morgan fingerprint density at radius 1 is 1.24 bits per heavy atom. The second-order valence-corrected chi connectivity index (χ2v) is 7.51. The number of allylic oxidation sites excluding steroid dienone is 2. The zero-order valence-electron chi connectivity index (χ0n) is 16.4. The van der Waals surface area contributed by atoms with E-state index in [4.69, 9.17) is 4.98 Å². The van der Waals surface area contributed by atoms with Gasteiger partial charge in [0.2, 0.25) is 5.95 Å². The van der Waals surface area contributed by atoms with Gasteiger partial charge in [0.25, 0.3) is 0 Å². The highest BCUT2D eigenvalue weighted by Crippen LogP contribution is 2.37. The van der Waals surface area contributed by atoms with Crippen molar-refractivity contribution in [1.29, 1.82) is 0 Å². The minimum atomic E-state index is -0.209. The van der Waals surface area contributed by atoms with Crippen molar-refractivity contribution in [3.8, 4) is 0 Å². The fourth-order valence-electron chi connectivity index (χ4n) is 2.71. The second-order valence-electron chi connectivity index (χ2n) is 7.51. The molecule has 1 atom stereocenters. The Hall–Kier alpha value is -2.05. The Balaban J connectivity index is 2.33. The molecular formula is C18H31FN6. The van der Waals surface area contributed by atoms with E-state index in [1.165, 1.54) is 6.92 Å². The number of fused-ring (bicyclic) bond motifs is 1. The van der Waals surface area contributed by atoms with E-state index >= 15 is 0 Å². The average Bonchev–Trinajstić information content (AvgIpc) is 2.77. The van der Waals surface area contributed by atoms with Gasteiger partial charge < -0.3 is 20.4 Å². The Bertz CT molecular complexity index is 624. The van der Waals surface area contributed by atoms with Gasteiger partial charge in [-0.25, -0.2) is 9.37 Å². The highest BCUT2D eigenvalue weighted by atomic mass is 19.1. The molecule has 0 saturated heterocycles. The zero-order valence-corrected chi connectivity index (χ0v) is 16.4. The van der Waals surface area contributed by atoms with Crippen LogP contribution in [0.1, 0.15) is 41.5 Å². The van der Waals surface area contributed by atoms with Crippen LogP contribution in [-0.4, -0.2) is 36.4 Å². The molecule has 0 fully saturated rings. The van der Waals surface area contributed by atoms with E-state index in [1.54, 1.807) is 6.92 Å². The predicted octanol–water partition coefficient (Wildman–Crippen LogP) is 3.55. The molecule has 1 aromatic rings. The molecule has 1 aromatic heterocycles. The molecule has 1 aliphatic heterocycles. The van der Waals surface area contributed by atoms with Crippen LogP contribution in [-0.2, 0) is 0 Å². The number of nitrogens with zero attached hydrogens (tertiary/aromatic N) is 4. The molecular weight excluding hydrogens is 319 g/mol. The van der Waals surface area contributed by atoms with Crippen LogP contribution < -0.4 is 20.4 Å². The minimum absolute atomic E-state index is 0.183. The summed E-state index contributed by atoms with van der Waals surface area (Å²) in [7, 11) is 1.97. The van der Waals surface area contributed by atoms with Gasteiger partial charge in [-0.3, -0.25) is 0 Å². The lowest BCUT2D eigenvalue weighted by molar-refractivity contribution is 0.487. The smallest absolute Gasteiger partial charge is 0.224 e. The van der Waals surface area contributed by atoms with E-state index in [9.17, 15) is 4.39 Å². The molecule has 1 unspecified atom stereocenters. The molecule has 140 valence electrons. The number of anilines is 3. The number of hydrogen-bond donors (Lipinski definition) is 2. The molecule has 0 aromatic carbocycles. The quantitative estimate of drug-likeness (QED) is 0.784. The molecule has 0 radical (unpaired) electrons. The number of hydrogen-bond acceptors (Lipinski definition) is 6. The minimum Gasteiger partial charge on any atom is -0.354 e. The first-order valence-electron chi connectivity index (χ1n) is 8.90. The van der Waals surface area contributed by atoms with E-state index in [0.717, 1.165) is 24.6 Å². The highest BCUT2D eigenvalue weighted by Gasteiger charge is 2.36. The predicted molar refractivity (Wildman–Crippen MR) is 102 cm³/mol. The van der Waals surface area contributed by atoms with E-state index in [-0.39, 0.29) is 12.1 Å². The standard InChI is InChI=1S/C18H31FN6/c1-11(2)8-20-17-21-9-15-16(23-17)25(10-12(3)4)18(24(15)7)22-14(6)13(5)19/h9,11-12,18,22H,8,10H2,1-7H3,(H,20,21,23)/b14-13-. The molecule has 1 aliphatic rings. The third-order valence-electron chi connectivity index (χ3n) is 4.16. The number of nitrogens with one attached hydrogen (secondary N) is 2. The summed E-state index contributed by atoms with van der Waals surface area (Å²) in [5, 5.41) is 6.55. The lowest BCUT2D eigenvalue weighted by Crippen LogP contribution is -2.52. The molecule has 2 N–H and O–H groups in total. The van der Waals surface area contributed by atoms with Crippen molar-refractivity contribution >= 4 is 17.5 Å². The Kier molecular flexibility index (Phi) is 6.08. The van der Waals surface area contributed by atoms with Gasteiger partial charge in [-0.2, -0.15) is 4.98 Å². The van der Waals surface area contributed by atoms with Gasteiger partial charge >= 0.3 is 0 Å². The van der Waals surface area contributed by atoms with Crippen molar-refractivity contribution < 1.29 is 4.39 Å². The summed E-state index contributed by atoms with van der Waals surface area (Å²) in [6, 6.07) is 0. The number of halogens is 1. The van der Waals surface area contributed by atoms with Crippen molar-refractivity contribution in [3.05, 3.63) is 17.7 Å². The third kappa shape index (κ3) is 4.52. The Morgan fingerprint density at radius 2 is 1.92 bits per heavy atom. The van der Waals surface area contributed by atoms with Crippen LogP contribution >= 0.6 is 0 Å². The van der Waals surface area contributed by atoms with Crippen molar-refractivity contribution in [2.75, 3.05) is 35.3 Å². The lowest BCUT2D eigenvalue weighted by atomic mass is 10.2. The summed E-state index contributed by atoms with van der Waals surface area (Å²) in [4.78, 5) is 13.4. The molecule has 0 saturated carbocycles. The molecule has 0 aliphatic carbocycles. The summed E-state index contributed by atoms with van der Waals surface area (Å²) in [6.45, 7) is 13.5. The summed E-state index contributed by atoms with van der Waals surface area (Å²) >= 11 is 0. The van der Waals surface area contributed by atoms with Crippen LogP contribution in [0.3, 0.4) is 0 Å². The van der Waals surface area contributed by atoms with Crippen LogP contribution in [0.2, 0.25) is 0 Å². The van der Waals surface area contributed by atoms with Gasteiger partial charge in [-0.1, -0.05) is 27.7 Å². The summed E-state index contributed by atoms with van der Waals surface area (Å²) in [6.07, 6.45) is 1.65. The summed E-state index contributed by atoms with van der Waals surface area (Å²) in [5.74, 6) is 2.25. The first-order valence-corrected chi connectivity index (χ1v) is 8.90. The molecule has 0 amide bonds. The molecule has 2 rings (SSSR count). The van der Waals surface area contributed by atoms with Gasteiger partial charge in [-0.15, -0.1) is 0 Å². The molecule has 2 heterocycles. The maximum atomic E-state index is 13.6. The van der Waals surface area contributed by atoms with Crippen molar-refractivity contribution in [2.24, 2.45) is 11.8 Å². The molecule has 7 heteroatoms. The van der Waals surface area contributed by atoms with Crippen LogP contribution in [0.5, 0.6) is 0 Å². The highest BCUT2D eigenvalue weighted by molar-refractivity contribution is 5.73. The zero-order chi connectivity index (χ0) is 18.7. The first-order chi connectivity index (χ1) is 11.7. The topological polar surface area (TPSA) is 56.3 Å². The van der Waals surface area contributed by atoms with E-state index in [1.807, 2.05) is 13.2 Å². The van der Waals surface area contributed by atoms with Crippen molar-refractivity contribution in [1.82, 2.24) is 15.3 Å². The van der Waals surface area contributed by atoms with Gasteiger partial charge in [-0.05, 0) is 25.7 Å². The third-order valence-corrected chi connectivity index (χ3v) is 4.16. The summed E-state index contributed by atoms with van der Waals surface area (Å²) < 4.78 is 13.6. The molecule has 0 spiro atoms. The van der Waals surface area contributed by atoms with Gasteiger partial charge in [0.15, 0.2) is 12.1 Å². The van der Waals surface area contributed by atoms with Crippen LogP contribution in [0, 0.1) is 11.8 Å². The van der Waals surface area contributed by atoms with E-state index in [2.05, 4.69) is 53.1 Å². The van der Waals surface area contributed by atoms with Crippen molar-refractivity contribution in [2.45, 2.75) is 47.8 Å². The first kappa shape index (κ1) is 19.3. The number of aromatic nitrogens is 2.